The van der Waals surface area contributed by atoms with Crippen LogP contribution < -0.4 is 22.1 Å². The largest absolute Gasteiger partial charge is 0.383 e. The molecule has 3 atom stereocenters. The third-order valence-electron chi connectivity index (χ3n) is 11.3. The third kappa shape index (κ3) is 5.79. The second-order valence-corrected chi connectivity index (χ2v) is 16.2. The first-order valence-corrected chi connectivity index (χ1v) is 18.9. The van der Waals surface area contributed by atoms with E-state index in [9.17, 15) is 0 Å². The lowest BCUT2D eigenvalue weighted by molar-refractivity contribution is 0.143. The number of nitrogens with two attached hydrogens (primary N) is 2. The van der Waals surface area contributed by atoms with E-state index in [2.05, 4.69) is 42.5 Å². The van der Waals surface area contributed by atoms with E-state index in [4.69, 9.17) is 11.5 Å². The first-order valence-electron chi connectivity index (χ1n) is 17.3. The number of nitrogens with one attached hydrogen (secondary N) is 2. The molecule has 2 fully saturated rings. The zero-order chi connectivity index (χ0) is 30.5. The molecule has 4 aliphatic rings. The van der Waals surface area contributed by atoms with Crippen LogP contribution in [0, 0.1) is 5.92 Å². The van der Waals surface area contributed by atoms with Crippen LogP contribution in [0.25, 0.3) is 20.4 Å². The van der Waals surface area contributed by atoms with Crippen molar-refractivity contribution in [3.05, 3.63) is 27.2 Å². The lowest BCUT2D eigenvalue weighted by Gasteiger charge is -2.38. The summed E-state index contributed by atoms with van der Waals surface area (Å²) in [6.45, 7) is 2.26. The Bertz CT molecular complexity index is 1670. The summed E-state index contributed by atoms with van der Waals surface area (Å²) in [4.78, 5) is 25.9. The average molecular weight is 646 g/mol. The number of rotatable bonds is 9. The van der Waals surface area contributed by atoms with Crippen molar-refractivity contribution in [2.75, 3.05) is 36.9 Å². The molecule has 4 aliphatic carbocycles. The molecule has 0 saturated heterocycles. The highest BCUT2D eigenvalue weighted by molar-refractivity contribution is 7.19. The molecule has 8 rings (SSSR count). The van der Waals surface area contributed by atoms with E-state index in [0.29, 0.717) is 35.8 Å². The Balaban J connectivity index is 0.796. The van der Waals surface area contributed by atoms with Crippen molar-refractivity contribution < 1.29 is 0 Å². The van der Waals surface area contributed by atoms with Crippen molar-refractivity contribution >= 4 is 60.7 Å². The van der Waals surface area contributed by atoms with E-state index in [-0.39, 0.29) is 0 Å². The molecule has 2 saturated carbocycles. The number of aryl methyl sites for hydroxylation is 3. The van der Waals surface area contributed by atoms with Gasteiger partial charge in [-0.05, 0) is 127 Å². The normalized spacial score (nSPS) is 26.6. The minimum Gasteiger partial charge on any atom is -0.383 e. The SMILES string of the molecule is CN(CCCNC1CCC(Nc2nc(N)nc3sc4c(c23)CCC4)CC1)[C@H]1CCCC(C2CCc3sc4ncnc(N)c4c32)C1. The number of aromatic nitrogens is 4. The van der Waals surface area contributed by atoms with Crippen molar-refractivity contribution in [3.63, 3.8) is 0 Å². The molecule has 0 radical (unpaired) electrons. The highest BCUT2D eigenvalue weighted by atomic mass is 32.1. The molecule has 0 aliphatic heterocycles. The zero-order valence-corrected chi connectivity index (χ0v) is 28.1. The number of thiophene rings is 2. The maximum atomic E-state index is 6.37. The summed E-state index contributed by atoms with van der Waals surface area (Å²) in [6.07, 6.45) is 18.9. The Morgan fingerprint density at radius 3 is 2.60 bits per heavy atom. The molecule has 2 unspecified atom stereocenters. The van der Waals surface area contributed by atoms with Crippen LogP contribution in [-0.2, 0) is 19.3 Å². The Kier molecular flexibility index (Phi) is 8.30. The number of nitrogen functional groups attached to an aromatic ring is 2. The molecule has 4 aromatic rings. The van der Waals surface area contributed by atoms with Gasteiger partial charge in [-0.3, -0.25) is 0 Å². The molecule has 0 bridgehead atoms. The molecule has 4 aromatic heterocycles. The van der Waals surface area contributed by atoms with Gasteiger partial charge in [-0.2, -0.15) is 4.98 Å². The van der Waals surface area contributed by atoms with Crippen LogP contribution in [0.2, 0.25) is 0 Å². The fourth-order valence-electron chi connectivity index (χ4n) is 9.04. The van der Waals surface area contributed by atoms with Crippen LogP contribution in [0.15, 0.2) is 6.33 Å². The molecule has 45 heavy (non-hydrogen) atoms. The summed E-state index contributed by atoms with van der Waals surface area (Å²) in [7, 11) is 2.36. The molecule has 11 heteroatoms. The number of anilines is 3. The van der Waals surface area contributed by atoms with Gasteiger partial charge >= 0.3 is 0 Å². The number of hydrogen-bond acceptors (Lipinski definition) is 11. The monoisotopic (exact) mass is 645 g/mol. The van der Waals surface area contributed by atoms with Crippen LogP contribution in [-0.4, -0.2) is 63.1 Å². The second-order valence-electron chi connectivity index (χ2n) is 14.1. The van der Waals surface area contributed by atoms with Gasteiger partial charge in [0.1, 0.15) is 27.6 Å². The Hall–Kier alpha value is -2.60. The van der Waals surface area contributed by atoms with E-state index < -0.39 is 0 Å². The highest BCUT2D eigenvalue weighted by Gasteiger charge is 2.37. The molecule has 6 N–H and O–H groups in total. The minimum absolute atomic E-state index is 0.387. The van der Waals surface area contributed by atoms with Gasteiger partial charge in [0.15, 0.2) is 0 Å². The second kappa shape index (κ2) is 12.5. The van der Waals surface area contributed by atoms with E-state index in [1.54, 1.807) is 6.33 Å². The van der Waals surface area contributed by atoms with Gasteiger partial charge in [0, 0.05) is 27.9 Å². The van der Waals surface area contributed by atoms with Gasteiger partial charge in [-0.25, -0.2) is 15.0 Å². The zero-order valence-electron chi connectivity index (χ0n) is 26.5. The third-order valence-corrected chi connectivity index (χ3v) is 13.7. The van der Waals surface area contributed by atoms with Gasteiger partial charge < -0.3 is 27.0 Å². The van der Waals surface area contributed by atoms with Crippen LogP contribution >= 0.6 is 22.7 Å². The number of fused-ring (bicyclic) bond motifs is 6. The Morgan fingerprint density at radius 1 is 0.867 bits per heavy atom. The van der Waals surface area contributed by atoms with Gasteiger partial charge in [-0.1, -0.05) is 6.42 Å². The quantitative estimate of drug-likeness (QED) is 0.156. The Morgan fingerprint density at radius 2 is 1.71 bits per heavy atom. The molecule has 0 aromatic carbocycles. The topological polar surface area (TPSA) is 131 Å². The van der Waals surface area contributed by atoms with Crippen LogP contribution in [0.4, 0.5) is 17.6 Å². The summed E-state index contributed by atoms with van der Waals surface area (Å²) >= 11 is 3.66. The smallest absolute Gasteiger partial charge is 0.223 e. The van der Waals surface area contributed by atoms with E-state index in [0.717, 1.165) is 46.3 Å². The summed E-state index contributed by atoms with van der Waals surface area (Å²) in [5, 5.41) is 10.1. The predicted octanol–water partition coefficient (Wildman–Crippen LogP) is 6.27. The van der Waals surface area contributed by atoms with Crippen molar-refractivity contribution in [1.82, 2.24) is 30.2 Å². The molecule has 4 heterocycles. The lowest BCUT2D eigenvalue weighted by Crippen LogP contribution is -2.40. The average Bonchev–Trinajstić information content (AvgIpc) is 3.81. The molecule has 240 valence electrons. The molecule has 0 spiro atoms. The van der Waals surface area contributed by atoms with Gasteiger partial charge in [0.05, 0.1) is 10.8 Å². The lowest BCUT2D eigenvalue weighted by atomic mass is 9.75. The predicted molar refractivity (Wildman–Crippen MR) is 187 cm³/mol. The molecule has 0 amide bonds. The van der Waals surface area contributed by atoms with E-state index in [1.807, 2.05) is 22.7 Å². The first-order chi connectivity index (χ1) is 22.0. The summed E-state index contributed by atoms with van der Waals surface area (Å²) in [6, 6.07) is 1.75. The number of nitrogens with zero attached hydrogens (tertiary/aromatic N) is 5. The maximum Gasteiger partial charge on any atom is 0.223 e. The highest BCUT2D eigenvalue weighted by Crippen LogP contribution is 2.51. The minimum atomic E-state index is 0.387. The first kappa shape index (κ1) is 29.8. The van der Waals surface area contributed by atoms with Gasteiger partial charge in [-0.15, -0.1) is 22.7 Å². The standard InChI is InChI=1S/C34H47N9S2/c1-43(22-6-2-5-19(17-22)23-13-14-26-27(23)29-30(35)38-18-39-32(29)45-26)16-4-15-37-20-9-11-21(12-10-20)40-31-28-24-7-3-8-25(24)44-33(28)42-34(36)41-31/h18-23,37H,2-17H2,1H3,(H2,35,38,39)(H3,36,40,41,42)/t19?,20?,21?,22-,23?/m0/s1. The molecular formula is C34H47N9S2. The van der Waals surface area contributed by atoms with Gasteiger partial charge in [0.2, 0.25) is 5.95 Å². The maximum absolute atomic E-state index is 6.37. The van der Waals surface area contributed by atoms with Crippen LogP contribution in [0.1, 0.15) is 97.4 Å². The summed E-state index contributed by atoms with van der Waals surface area (Å²) < 4.78 is 0. The Labute approximate surface area is 274 Å². The fourth-order valence-corrected chi connectivity index (χ4v) is 11.5. The number of hydrogen-bond donors (Lipinski definition) is 4. The van der Waals surface area contributed by atoms with Crippen LogP contribution in [0.3, 0.4) is 0 Å². The van der Waals surface area contributed by atoms with Crippen molar-refractivity contribution in [3.8, 4) is 0 Å². The summed E-state index contributed by atoms with van der Waals surface area (Å²) in [5.74, 6) is 3.38. The fraction of sp³-hybridized carbons (Fsp3) is 0.647. The molecular weight excluding hydrogens is 599 g/mol. The van der Waals surface area contributed by atoms with E-state index >= 15 is 0 Å². The van der Waals surface area contributed by atoms with Crippen molar-refractivity contribution in [2.45, 2.75) is 114 Å². The van der Waals surface area contributed by atoms with Crippen molar-refractivity contribution in [2.24, 2.45) is 5.92 Å². The summed E-state index contributed by atoms with van der Waals surface area (Å²) in [5.41, 5.74) is 15.4. The van der Waals surface area contributed by atoms with Gasteiger partial charge in [0.25, 0.3) is 0 Å². The van der Waals surface area contributed by atoms with E-state index in [1.165, 1.54) is 110 Å². The van der Waals surface area contributed by atoms with Crippen LogP contribution in [0.5, 0.6) is 0 Å². The van der Waals surface area contributed by atoms with Crippen molar-refractivity contribution in [1.29, 1.82) is 0 Å². The molecule has 9 nitrogen and oxygen atoms in total.